The average Bonchev–Trinajstić information content (AvgIpc) is 2.17. The third-order valence-electron chi connectivity index (χ3n) is 3.39. The van der Waals surface area contributed by atoms with Gasteiger partial charge in [-0.15, -0.1) is 0 Å². The van der Waals surface area contributed by atoms with Gasteiger partial charge in [0.1, 0.15) is 0 Å². The SMILES string of the molecule is CCCC(N)C1CCCN(CC(C)C)C1. The van der Waals surface area contributed by atoms with Gasteiger partial charge in [-0.05, 0) is 37.6 Å². The molecule has 0 amide bonds. The van der Waals surface area contributed by atoms with Crippen LogP contribution in [-0.2, 0) is 0 Å². The first-order chi connectivity index (χ1) is 7.13. The van der Waals surface area contributed by atoms with Gasteiger partial charge in [-0.25, -0.2) is 0 Å². The van der Waals surface area contributed by atoms with Crippen molar-refractivity contribution in [3.63, 3.8) is 0 Å². The Hall–Kier alpha value is -0.0800. The monoisotopic (exact) mass is 212 g/mol. The molecular weight excluding hydrogens is 184 g/mol. The summed E-state index contributed by atoms with van der Waals surface area (Å²) < 4.78 is 0. The first-order valence-electron chi connectivity index (χ1n) is 6.61. The standard InChI is InChI=1S/C13H28N2/c1-4-6-13(14)12-7-5-8-15(10-12)9-11(2)3/h11-13H,4-10,14H2,1-3H3. The lowest BCUT2D eigenvalue weighted by Crippen LogP contribution is -2.44. The molecule has 1 rings (SSSR count). The number of nitrogens with zero attached hydrogens (tertiary/aromatic N) is 1. The van der Waals surface area contributed by atoms with Crippen LogP contribution in [0.15, 0.2) is 0 Å². The van der Waals surface area contributed by atoms with E-state index >= 15 is 0 Å². The summed E-state index contributed by atoms with van der Waals surface area (Å²) in [7, 11) is 0. The molecule has 1 saturated heterocycles. The van der Waals surface area contributed by atoms with E-state index < -0.39 is 0 Å². The zero-order valence-corrected chi connectivity index (χ0v) is 10.7. The van der Waals surface area contributed by atoms with Crippen LogP contribution in [0.1, 0.15) is 46.5 Å². The van der Waals surface area contributed by atoms with Crippen molar-refractivity contribution in [3.05, 3.63) is 0 Å². The van der Waals surface area contributed by atoms with E-state index in [0.717, 1.165) is 11.8 Å². The predicted molar refractivity (Wildman–Crippen MR) is 66.9 cm³/mol. The molecule has 1 aliphatic rings. The van der Waals surface area contributed by atoms with Crippen molar-refractivity contribution in [2.45, 2.75) is 52.5 Å². The Morgan fingerprint density at radius 1 is 1.40 bits per heavy atom. The fraction of sp³-hybridized carbons (Fsp3) is 1.00. The molecule has 0 aromatic rings. The first kappa shape index (κ1) is 13.0. The Kier molecular flexibility index (Phi) is 5.62. The van der Waals surface area contributed by atoms with Crippen LogP contribution in [0.5, 0.6) is 0 Å². The zero-order valence-electron chi connectivity index (χ0n) is 10.7. The van der Waals surface area contributed by atoms with Crippen molar-refractivity contribution in [1.29, 1.82) is 0 Å². The van der Waals surface area contributed by atoms with E-state index in [-0.39, 0.29) is 0 Å². The minimum absolute atomic E-state index is 0.435. The second-order valence-electron chi connectivity index (χ2n) is 5.51. The van der Waals surface area contributed by atoms with Gasteiger partial charge in [-0.2, -0.15) is 0 Å². The van der Waals surface area contributed by atoms with E-state index in [0.29, 0.717) is 6.04 Å². The molecule has 0 bridgehead atoms. The number of nitrogens with two attached hydrogens (primary N) is 1. The fourth-order valence-corrected chi connectivity index (χ4v) is 2.69. The number of hydrogen-bond acceptors (Lipinski definition) is 2. The second-order valence-corrected chi connectivity index (χ2v) is 5.51. The molecule has 1 fully saturated rings. The Labute approximate surface area is 95.2 Å². The van der Waals surface area contributed by atoms with Crippen LogP contribution in [0.25, 0.3) is 0 Å². The summed E-state index contributed by atoms with van der Waals surface area (Å²) in [5.74, 6) is 1.53. The highest BCUT2D eigenvalue weighted by Crippen LogP contribution is 2.21. The van der Waals surface area contributed by atoms with E-state index in [9.17, 15) is 0 Å². The van der Waals surface area contributed by atoms with Crippen molar-refractivity contribution in [3.8, 4) is 0 Å². The highest BCUT2D eigenvalue weighted by molar-refractivity contribution is 4.80. The molecule has 90 valence electrons. The second kappa shape index (κ2) is 6.49. The largest absolute Gasteiger partial charge is 0.327 e. The van der Waals surface area contributed by atoms with Crippen molar-refractivity contribution in [2.75, 3.05) is 19.6 Å². The maximum absolute atomic E-state index is 6.23. The Balaban J connectivity index is 2.34. The molecule has 0 aliphatic carbocycles. The van der Waals surface area contributed by atoms with Gasteiger partial charge >= 0.3 is 0 Å². The minimum atomic E-state index is 0.435. The third kappa shape index (κ3) is 4.52. The Morgan fingerprint density at radius 2 is 2.13 bits per heavy atom. The number of rotatable bonds is 5. The molecular formula is C13H28N2. The summed E-state index contributed by atoms with van der Waals surface area (Å²) in [6.07, 6.45) is 5.10. The zero-order chi connectivity index (χ0) is 11.3. The number of hydrogen-bond donors (Lipinski definition) is 1. The molecule has 15 heavy (non-hydrogen) atoms. The summed E-state index contributed by atoms with van der Waals surface area (Å²) in [5, 5.41) is 0. The van der Waals surface area contributed by atoms with Crippen molar-refractivity contribution in [1.82, 2.24) is 4.90 Å². The van der Waals surface area contributed by atoms with E-state index in [1.54, 1.807) is 0 Å². The average molecular weight is 212 g/mol. The van der Waals surface area contributed by atoms with Crippen LogP contribution in [-0.4, -0.2) is 30.6 Å². The van der Waals surface area contributed by atoms with E-state index in [2.05, 4.69) is 25.7 Å². The molecule has 2 N–H and O–H groups in total. The fourth-order valence-electron chi connectivity index (χ4n) is 2.69. The summed E-state index contributed by atoms with van der Waals surface area (Å²) in [4.78, 5) is 2.61. The number of piperidine rings is 1. The molecule has 2 unspecified atom stereocenters. The lowest BCUT2D eigenvalue weighted by molar-refractivity contribution is 0.141. The minimum Gasteiger partial charge on any atom is -0.327 e. The quantitative estimate of drug-likeness (QED) is 0.758. The molecule has 1 aliphatic heterocycles. The van der Waals surface area contributed by atoms with Gasteiger partial charge in [0.15, 0.2) is 0 Å². The maximum atomic E-state index is 6.23. The maximum Gasteiger partial charge on any atom is 0.00792 e. The van der Waals surface area contributed by atoms with Crippen LogP contribution in [0, 0.1) is 11.8 Å². The van der Waals surface area contributed by atoms with E-state index in [1.807, 2.05) is 0 Å². The van der Waals surface area contributed by atoms with E-state index in [1.165, 1.54) is 45.3 Å². The van der Waals surface area contributed by atoms with Crippen LogP contribution in [0.2, 0.25) is 0 Å². The summed E-state index contributed by atoms with van der Waals surface area (Å²) in [5.41, 5.74) is 6.23. The van der Waals surface area contributed by atoms with Crippen molar-refractivity contribution >= 4 is 0 Å². The van der Waals surface area contributed by atoms with E-state index in [4.69, 9.17) is 5.73 Å². The molecule has 0 aromatic carbocycles. The molecule has 0 aromatic heterocycles. The highest BCUT2D eigenvalue weighted by atomic mass is 15.1. The molecule has 2 nitrogen and oxygen atoms in total. The molecule has 2 heteroatoms. The predicted octanol–water partition coefficient (Wildman–Crippen LogP) is 2.48. The molecule has 2 atom stereocenters. The third-order valence-corrected chi connectivity index (χ3v) is 3.39. The van der Waals surface area contributed by atoms with Crippen LogP contribution in [0.3, 0.4) is 0 Å². The molecule has 1 heterocycles. The number of likely N-dealkylation sites (tertiary alicyclic amines) is 1. The van der Waals surface area contributed by atoms with Crippen molar-refractivity contribution in [2.24, 2.45) is 17.6 Å². The molecule has 0 radical (unpaired) electrons. The lowest BCUT2D eigenvalue weighted by Gasteiger charge is -2.36. The normalized spacial score (nSPS) is 25.8. The lowest BCUT2D eigenvalue weighted by atomic mass is 9.88. The Morgan fingerprint density at radius 3 is 2.73 bits per heavy atom. The smallest absolute Gasteiger partial charge is 0.00792 e. The van der Waals surface area contributed by atoms with Gasteiger partial charge in [-0.1, -0.05) is 27.2 Å². The topological polar surface area (TPSA) is 29.3 Å². The van der Waals surface area contributed by atoms with Gasteiger partial charge in [0.25, 0.3) is 0 Å². The van der Waals surface area contributed by atoms with Gasteiger partial charge in [0, 0.05) is 19.1 Å². The van der Waals surface area contributed by atoms with Gasteiger partial charge in [-0.3, -0.25) is 0 Å². The van der Waals surface area contributed by atoms with Crippen LogP contribution in [0.4, 0.5) is 0 Å². The molecule has 0 saturated carbocycles. The van der Waals surface area contributed by atoms with Crippen LogP contribution >= 0.6 is 0 Å². The van der Waals surface area contributed by atoms with Crippen molar-refractivity contribution < 1.29 is 0 Å². The summed E-state index contributed by atoms with van der Waals surface area (Å²) >= 11 is 0. The summed E-state index contributed by atoms with van der Waals surface area (Å²) in [6.45, 7) is 10.6. The van der Waals surface area contributed by atoms with Crippen LogP contribution < -0.4 is 5.73 Å². The van der Waals surface area contributed by atoms with Gasteiger partial charge < -0.3 is 10.6 Å². The van der Waals surface area contributed by atoms with Gasteiger partial charge in [0.2, 0.25) is 0 Å². The highest BCUT2D eigenvalue weighted by Gasteiger charge is 2.24. The molecule has 0 spiro atoms. The Bertz CT molecular complexity index is 168. The summed E-state index contributed by atoms with van der Waals surface area (Å²) in [6, 6.07) is 0.435. The van der Waals surface area contributed by atoms with Gasteiger partial charge in [0.05, 0.1) is 0 Å². The first-order valence-corrected chi connectivity index (χ1v) is 6.61.